The van der Waals surface area contributed by atoms with E-state index < -0.39 is 0 Å². The van der Waals surface area contributed by atoms with Gasteiger partial charge in [-0.1, -0.05) is 0 Å². The summed E-state index contributed by atoms with van der Waals surface area (Å²) < 4.78 is 5.64. The molecular weight excluding hydrogens is 188 g/mol. The van der Waals surface area contributed by atoms with E-state index in [1.54, 1.807) is 0 Å². The lowest BCUT2D eigenvalue weighted by molar-refractivity contribution is 0.0168. The molecule has 15 heavy (non-hydrogen) atoms. The Hall–Kier alpha value is -0.930. The highest BCUT2D eigenvalue weighted by molar-refractivity contribution is 5.08. The van der Waals surface area contributed by atoms with Gasteiger partial charge in [0, 0.05) is 32.1 Å². The van der Waals surface area contributed by atoms with Crippen molar-refractivity contribution in [3.05, 3.63) is 30.1 Å². The van der Waals surface area contributed by atoms with E-state index in [0.717, 1.165) is 19.7 Å². The summed E-state index contributed by atoms with van der Waals surface area (Å²) in [5, 5.41) is 3.42. The van der Waals surface area contributed by atoms with Crippen LogP contribution >= 0.6 is 0 Å². The van der Waals surface area contributed by atoms with E-state index in [4.69, 9.17) is 4.74 Å². The second-order valence-corrected chi connectivity index (χ2v) is 3.97. The molecule has 1 atom stereocenters. The molecule has 3 nitrogen and oxygen atoms in total. The van der Waals surface area contributed by atoms with Crippen LogP contribution in [0.15, 0.2) is 24.5 Å². The van der Waals surface area contributed by atoms with Crippen LogP contribution in [0.25, 0.3) is 0 Å². The standard InChI is InChI=1S/C12H18N2O/c1-2-8-15-12(3-1)10-14-9-11-4-6-13-7-5-11/h4-7,12,14H,1-3,8-10H2. The zero-order valence-corrected chi connectivity index (χ0v) is 8.98. The van der Waals surface area contributed by atoms with Gasteiger partial charge in [0.05, 0.1) is 6.10 Å². The summed E-state index contributed by atoms with van der Waals surface area (Å²) in [5.74, 6) is 0. The molecule has 2 rings (SSSR count). The van der Waals surface area contributed by atoms with E-state index in [-0.39, 0.29) is 0 Å². The zero-order chi connectivity index (χ0) is 10.3. The smallest absolute Gasteiger partial charge is 0.0699 e. The molecule has 1 aromatic heterocycles. The number of hydrogen-bond acceptors (Lipinski definition) is 3. The molecule has 1 unspecified atom stereocenters. The van der Waals surface area contributed by atoms with E-state index >= 15 is 0 Å². The van der Waals surface area contributed by atoms with Gasteiger partial charge < -0.3 is 10.1 Å². The first-order valence-electron chi connectivity index (χ1n) is 5.66. The van der Waals surface area contributed by atoms with Gasteiger partial charge in [0.2, 0.25) is 0 Å². The minimum absolute atomic E-state index is 0.417. The van der Waals surface area contributed by atoms with Crippen molar-refractivity contribution in [2.45, 2.75) is 31.9 Å². The Morgan fingerprint density at radius 1 is 1.33 bits per heavy atom. The quantitative estimate of drug-likeness (QED) is 0.814. The van der Waals surface area contributed by atoms with Crippen LogP contribution in [-0.2, 0) is 11.3 Å². The molecule has 2 heterocycles. The number of rotatable bonds is 4. The van der Waals surface area contributed by atoms with Crippen molar-refractivity contribution < 1.29 is 4.74 Å². The molecule has 1 N–H and O–H groups in total. The summed E-state index contributed by atoms with van der Waals surface area (Å²) in [7, 11) is 0. The monoisotopic (exact) mass is 206 g/mol. The van der Waals surface area contributed by atoms with Crippen LogP contribution in [0.3, 0.4) is 0 Å². The number of hydrogen-bond donors (Lipinski definition) is 1. The first kappa shape index (κ1) is 10.6. The fourth-order valence-electron chi connectivity index (χ4n) is 1.85. The van der Waals surface area contributed by atoms with E-state index in [1.807, 2.05) is 24.5 Å². The van der Waals surface area contributed by atoms with Gasteiger partial charge in [-0.15, -0.1) is 0 Å². The minimum atomic E-state index is 0.417. The van der Waals surface area contributed by atoms with Crippen LogP contribution in [0.2, 0.25) is 0 Å². The predicted molar refractivity (Wildman–Crippen MR) is 59.5 cm³/mol. The molecule has 0 aliphatic carbocycles. The third kappa shape index (κ3) is 3.61. The Balaban J connectivity index is 1.66. The average Bonchev–Trinajstić information content (AvgIpc) is 2.32. The summed E-state index contributed by atoms with van der Waals surface area (Å²) >= 11 is 0. The number of aromatic nitrogens is 1. The summed E-state index contributed by atoms with van der Waals surface area (Å²) in [6, 6.07) is 4.07. The van der Waals surface area contributed by atoms with Gasteiger partial charge in [-0.3, -0.25) is 4.98 Å². The Morgan fingerprint density at radius 2 is 2.20 bits per heavy atom. The van der Waals surface area contributed by atoms with Crippen LogP contribution in [-0.4, -0.2) is 24.2 Å². The van der Waals surface area contributed by atoms with Crippen molar-refractivity contribution in [1.82, 2.24) is 10.3 Å². The molecule has 0 radical (unpaired) electrons. The van der Waals surface area contributed by atoms with Crippen LogP contribution in [0.4, 0.5) is 0 Å². The van der Waals surface area contributed by atoms with E-state index in [9.17, 15) is 0 Å². The molecule has 0 amide bonds. The zero-order valence-electron chi connectivity index (χ0n) is 8.98. The molecule has 0 aromatic carbocycles. The maximum Gasteiger partial charge on any atom is 0.0699 e. The summed E-state index contributed by atoms with van der Waals surface area (Å²) in [5.41, 5.74) is 1.28. The maximum absolute atomic E-state index is 5.64. The number of ether oxygens (including phenoxy) is 1. The lowest BCUT2D eigenvalue weighted by Crippen LogP contribution is -2.31. The average molecular weight is 206 g/mol. The fourth-order valence-corrected chi connectivity index (χ4v) is 1.85. The van der Waals surface area contributed by atoms with E-state index in [0.29, 0.717) is 6.10 Å². The van der Waals surface area contributed by atoms with E-state index in [1.165, 1.54) is 24.8 Å². The third-order valence-electron chi connectivity index (χ3n) is 2.72. The van der Waals surface area contributed by atoms with Crippen LogP contribution in [0.5, 0.6) is 0 Å². The molecule has 1 fully saturated rings. The number of nitrogens with one attached hydrogen (secondary N) is 1. The second-order valence-electron chi connectivity index (χ2n) is 3.97. The first-order chi connectivity index (χ1) is 7.45. The molecule has 0 saturated carbocycles. The minimum Gasteiger partial charge on any atom is -0.377 e. The Kier molecular flexibility index (Phi) is 4.11. The molecule has 82 valence electrons. The van der Waals surface area contributed by atoms with Gasteiger partial charge in [-0.2, -0.15) is 0 Å². The molecule has 0 bridgehead atoms. The molecule has 1 aliphatic rings. The Labute approximate surface area is 90.9 Å². The molecule has 1 saturated heterocycles. The van der Waals surface area contributed by atoms with Crippen molar-refractivity contribution in [2.75, 3.05) is 13.2 Å². The van der Waals surface area contributed by atoms with Crippen LogP contribution in [0.1, 0.15) is 24.8 Å². The Bertz CT molecular complexity index is 270. The number of nitrogens with zero attached hydrogens (tertiary/aromatic N) is 1. The van der Waals surface area contributed by atoms with Gasteiger partial charge in [0.25, 0.3) is 0 Å². The van der Waals surface area contributed by atoms with Crippen molar-refractivity contribution in [2.24, 2.45) is 0 Å². The second kappa shape index (κ2) is 5.83. The molecule has 3 heteroatoms. The Morgan fingerprint density at radius 3 is 2.93 bits per heavy atom. The largest absolute Gasteiger partial charge is 0.377 e. The normalized spacial score (nSPS) is 21.5. The van der Waals surface area contributed by atoms with Crippen molar-refractivity contribution >= 4 is 0 Å². The number of pyridine rings is 1. The summed E-state index contributed by atoms with van der Waals surface area (Å²) in [6.45, 7) is 2.80. The predicted octanol–water partition coefficient (Wildman–Crippen LogP) is 1.74. The van der Waals surface area contributed by atoms with E-state index in [2.05, 4.69) is 10.3 Å². The fraction of sp³-hybridized carbons (Fsp3) is 0.583. The highest BCUT2D eigenvalue weighted by atomic mass is 16.5. The van der Waals surface area contributed by atoms with Gasteiger partial charge in [-0.25, -0.2) is 0 Å². The van der Waals surface area contributed by atoms with Gasteiger partial charge in [0.15, 0.2) is 0 Å². The molecule has 1 aliphatic heterocycles. The van der Waals surface area contributed by atoms with Crippen molar-refractivity contribution in [3.63, 3.8) is 0 Å². The lowest BCUT2D eigenvalue weighted by Gasteiger charge is -2.22. The lowest BCUT2D eigenvalue weighted by atomic mass is 10.1. The van der Waals surface area contributed by atoms with Crippen molar-refractivity contribution in [3.8, 4) is 0 Å². The van der Waals surface area contributed by atoms with Gasteiger partial charge in [0.1, 0.15) is 0 Å². The van der Waals surface area contributed by atoms with Gasteiger partial charge >= 0.3 is 0 Å². The molecule has 1 aromatic rings. The molecular formula is C12H18N2O. The maximum atomic E-state index is 5.64. The van der Waals surface area contributed by atoms with Crippen LogP contribution < -0.4 is 5.32 Å². The molecule has 0 spiro atoms. The summed E-state index contributed by atoms with van der Waals surface area (Å²) in [6.07, 6.45) is 7.80. The first-order valence-corrected chi connectivity index (χ1v) is 5.66. The van der Waals surface area contributed by atoms with Crippen molar-refractivity contribution in [1.29, 1.82) is 0 Å². The SMILES string of the molecule is c1cc(CNCC2CCCCO2)ccn1. The van der Waals surface area contributed by atoms with Gasteiger partial charge in [-0.05, 0) is 37.0 Å². The highest BCUT2D eigenvalue weighted by Crippen LogP contribution is 2.11. The van der Waals surface area contributed by atoms with Crippen LogP contribution in [0, 0.1) is 0 Å². The summed E-state index contributed by atoms with van der Waals surface area (Å²) in [4.78, 5) is 3.99. The highest BCUT2D eigenvalue weighted by Gasteiger charge is 2.12. The topological polar surface area (TPSA) is 34.1 Å². The third-order valence-corrected chi connectivity index (χ3v) is 2.72.